The smallest absolute Gasteiger partial charge is 0.404 e. The van der Waals surface area contributed by atoms with Gasteiger partial charge in [-0.1, -0.05) is 18.3 Å². The fraction of sp³-hybridized carbons (Fsp3) is 0.591. The predicted molar refractivity (Wildman–Crippen MR) is 135 cm³/mol. The number of hydrogen-bond acceptors (Lipinski definition) is 10. The summed E-state index contributed by atoms with van der Waals surface area (Å²) in [4.78, 5) is 14.2. The van der Waals surface area contributed by atoms with Crippen LogP contribution in [0.5, 0.6) is 0 Å². The number of aromatic nitrogens is 2. The van der Waals surface area contributed by atoms with Gasteiger partial charge in [0.15, 0.2) is 5.75 Å². The molecule has 2 unspecified atom stereocenters. The normalized spacial score (nSPS) is 17.2. The third-order valence-electron chi connectivity index (χ3n) is 5.67. The van der Waals surface area contributed by atoms with E-state index >= 15 is 0 Å². The first-order valence-electron chi connectivity index (χ1n) is 11.7. The molecule has 15 heteroatoms. The van der Waals surface area contributed by atoms with Crippen LogP contribution in [0.15, 0.2) is 22.4 Å². The average molecular weight is 563 g/mol. The summed E-state index contributed by atoms with van der Waals surface area (Å²) in [5.74, 6) is -2.71. The van der Waals surface area contributed by atoms with Crippen molar-refractivity contribution in [3.05, 3.63) is 22.7 Å². The molecule has 10 nitrogen and oxygen atoms in total. The van der Waals surface area contributed by atoms with Crippen molar-refractivity contribution >= 4 is 49.5 Å². The largest absolute Gasteiger partial charge is 0.457 e. The zero-order chi connectivity index (χ0) is 27.5. The minimum atomic E-state index is -4.92. The van der Waals surface area contributed by atoms with E-state index in [4.69, 9.17) is 4.74 Å². The molecule has 2 atom stereocenters. The Balaban J connectivity index is 1.99. The molecule has 0 bridgehead atoms. The van der Waals surface area contributed by atoms with Crippen LogP contribution < -0.4 is 9.62 Å². The topological polar surface area (TPSA) is 126 Å². The lowest BCUT2D eigenvalue weighted by Crippen LogP contribution is -2.42. The molecule has 2 aromatic rings. The number of carbonyl (C=O) groups is 1. The highest BCUT2D eigenvalue weighted by Crippen LogP contribution is 2.41. The van der Waals surface area contributed by atoms with E-state index in [-0.39, 0.29) is 39.7 Å². The quantitative estimate of drug-likeness (QED) is 0.304. The Kier molecular flexibility index (Phi) is 8.78. The Bertz CT molecular complexity index is 1260. The number of sulfonamides is 1. The summed E-state index contributed by atoms with van der Waals surface area (Å²) >= 11 is 0.820. The fourth-order valence-electron chi connectivity index (χ4n) is 3.92. The second kappa shape index (κ2) is 11.3. The number of ether oxygens (including phenoxy) is 1. The molecule has 0 saturated carbocycles. The fourth-order valence-corrected chi connectivity index (χ4v) is 5.47. The summed E-state index contributed by atoms with van der Waals surface area (Å²) in [7, 11) is -4.78. The molecule has 1 aromatic carbocycles. The van der Waals surface area contributed by atoms with Crippen molar-refractivity contribution in [2.75, 3.05) is 15.4 Å². The van der Waals surface area contributed by atoms with E-state index in [0.29, 0.717) is 18.5 Å². The van der Waals surface area contributed by atoms with Crippen LogP contribution in [0.3, 0.4) is 0 Å². The Labute approximate surface area is 217 Å². The summed E-state index contributed by atoms with van der Waals surface area (Å²) in [6.45, 7) is 9.58. The van der Waals surface area contributed by atoms with Crippen molar-refractivity contribution in [1.29, 1.82) is 0 Å². The number of benzene rings is 1. The van der Waals surface area contributed by atoms with E-state index in [2.05, 4.69) is 25.3 Å². The molecule has 0 fully saturated rings. The standard InChI is InChI=1S/C22H29F3N6O4S2/c1-6-14(5)35-20(32)19-27-29-21(36-19)28-26-16-9-15-8-7-13(4)31(12(2)3)18(15)10-17(16)30-37(33,34)11-22(23,24)25/h9-10,12-14,30H,6-8,11H2,1-5H3. The number of hydrogen-bond donors (Lipinski definition) is 1. The van der Waals surface area contributed by atoms with E-state index in [1.165, 1.54) is 6.07 Å². The molecule has 3 rings (SSSR count). The maximum atomic E-state index is 12.9. The van der Waals surface area contributed by atoms with Crippen molar-refractivity contribution < 1.29 is 31.1 Å². The summed E-state index contributed by atoms with van der Waals surface area (Å²) in [6.07, 6.45) is -3.11. The maximum absolute atomic E-state index is 12.9. The van der Waals surface area contributed by atoms with Gasteiger partial charge in [0.1, 0.15) is 5.69 Å². The van der Waals surface area contributed by atoms with Gasteiger partial charge in [0, 0.05) is 17.8 Å². The maximum Gasteiger partial charge on any atom is 0.404 e. The number of halogens is 3. The molecular weight excluding hydrogens is 533 g/mol. The van der Waals surface area contributed by atoms with Crippen LogP contribution in [-0.2, 0) is 21.2 Å². The van der Waals surface area contributed by atoms with Gasteiger partial charge in [0.25, 0.3) is 5.13 Å². The number of aryl methyl sites for hydroxylation is 1. The van der Waals surface area contributed by atoms with Gasteiger partial charge < -0.3 is 9.64 Å². The highest BCUT2D eigenvalue weighted by atomic mass is 32.2. The van der Waals surface area contributed by atoms with Crippen molar-refractivity contribution in [1.82, 2.24) is 10.2 Å². The summed E-state index contributed by atoms with van der Waals surface area (Å²) in [5.41, 5.74) is 1.44. The number of fused-ring (bicyclic) bond motifs is 1. The first kappa shape index (κ1) is 28.8. The Morgan fingerprint density at radius 2 is 1.97 bits per heavy atom. The van der Waals surface area contributed by atoms with Crippen molar-refractivity contribution in [2.45, 2.75) is 78.2 Å². The van der Waals surface area contributed by atoms with Crippen molar-refractivity contribution in [3.8, 4) is 0 Å². The lowest BCUT2D eigenvalue weighted by Gasteiger charge is -2.40. The molecule has 0 aliphatic carbocycles. The van der Waals surface area contributed by atoms with Crippen molar-refractivity contribution in [2.24, 2.45) is 10.2 Å². The van der Waals surface area contributed by atoms with E-state index in [0.717, 1.165) is 23.3 Å². The molecule has 204 valence electrons. The van der Waals surface area contributed by atoms with Gasteiger partial charge in [0.2, 0.25) is 15.0 Å². The number of nitrogens with zero attached hydrogens (tertiary/aromatic N) is 5. The summed E-state index contributed by atoms with van der Waals surface area (Å²) in [5, 5.41) is 15.5. The van der Waals surface area contributed by atoms with Crippen LogP contribution in [0.25, 0.3) is 0 Å². The molecule has 1 aliphatic heterocycles. The minimum absolute atomic E-state index is 0.00431. The Morgan fingerprint density at radius 3 is 2.59 bits per heavy atom. The Hall–Kier alpha value is -2.81. The molecule has 1 N–H and O–H groups in total. The monoisotopic (exact) mass is 562 g/mol. The third kappa shape index (κ3) is 7.60. The Morgan fingerprint density at radius 1 is 1.27 bits per heavy atom. The van der Waals surface area contributed by atoms with Crippen LogP contribution in [0.4, 0.5) is 35.4 Å². The first-order valence-corrected chi connectivity index (χ1v) is 14.1. The number of carbonyl (C=O) groups excluding carboxylic acids is 1. The van der Waals surface area contributed by atoms with Crippen molar-refractivity contribution in [3.63, 3.8) is 0 Å². The van der Waals surface area contributed by atoms with Gasteiger partial charge in [-0.25, -0.2) is 13.2 Å². The molecule has 1 aliphatic rings. The van der Waals surface area contributed by atoms with E-state index in [1.54, 1.807) is 13.0 Å². The molecule has 0 spiro atoms. The van der Waals surface area contributed by atoms with Crippen LogP contribution in [0, 0.1) is 0 Å². The van der Waals surface area contributed by atoms with Gasteiger partial charge in [-0.3, -0.25) is 4.72 Å². The number of rotatable bonds is 9. The van der Waals surface area contributed by atoms with Gasteiger partial charge in [0.05, 0.1) is 11.8 Å². The number of anilines is 2. The van der Waals surface area contributed by atoms with Crippen LogP contribution in [-0.4, -0.2) is 54.7 Å². The van der Waals surface area contributed by atoms with E-state index < -0.39 is 27.9 Å². The van der Waals surface area contributed by atoms with Crippen LogP contribution >= 0.6 is 11.3 Å². The molecule has 0 amide bonds. The van der Waals surface area contributed by atoms with E-state index in [9.17, 15) is 26.4 Å². The number of alkyl halides is 3. The third-order valence-corrected chi connectivity index (χ3v) is 7.70. The lowest BCUT2D eigenvalue weighted by atomic mass is 9.94. The minimum Gasteiger partial charge on any atom is -0.457 e. The molecule has 0 radical (unpaired) electrons. The number of nitrogens with one attached hydrogen (secondary N) is 1. The molecular formula is C22H29F3N6O4S2. The number of azo groups is 1. The van der Waals surface area contributed by atoms with Crippen LogP contribution in [0.2, 0.25) is 0 Å². The number of esters is 1. The SMILES string of the molecule is CCC(C)OC(=O)c1nnc(N=Nc2cc3c(cc2NS(=O)(=O)CC(F)(F)F)N(C(C)C)C(C)CC3)s1. The lowest BCUT2D eigenvalue weighted by molar-refractivity contribution is -0.106. The summed E-state index contributed by atoms with van der Waals surface area (Å²) in [6, 6.07) is 3.30. The average Bonchev–Trinajstić information content (AvgIpc) is 3.24. The van der Waals surface area contributed by atoms with Gasteiger partial charge in [-0.05, 0) is 64.7 Å². The zero-order valence-electron chi connectivity index (χ0n) is 21.0. The highest BCUT2D eigenvalue weighted by molar-refractivity contribution is 7.92. The molecule has 1 aromatic heterocycles. The van der Waals surface area contributed by atoms with Gasteiger partial charge in [-0.2, -0.15) is 13.2 Å². The second-order valence-corrected chi connectivity index (χ2v) is 11.8. The van der Waals surface area contributed by atoms with Crippen LogP contribution in [0.1, 0.15) is 62.8 Å². The first-order chi connectivity index (χ1) is 17.2. The molecule has 37 heavy (non-hydrogen) atoms. The van der Waals surface area contributed by atoms with Gasteiger partial charge in [-0.15, -0.1) is 20.4 Å². The predicted octanol–water partition coefficient (Wildman–Crippen LogP) is 5.76. The summed E-state index contributed by atoms with van der Waals surface area (Å²) < 4.78 is 70.4. The zero-order valence-corrected chi connectivity index (χ0v) is 22.7. The van der Waals surface area contributed by atoms with E-state index in [1.807, 2.05) is 32.4 Å². The highest BCUT2D eigenvalue weighted by Gasteiger charge is 2.36. The molecule has 0 saturated heterocycles. The second-order valence-electron chi connectivity index (χ2n) is 9.08. The molecule has 2 heterocycles. The van der Waals surface area contributed by atoms with Gasteiger partial charge >= 0.3 is 12.1 Å².